The second-order valence-electron chi connectivity index (χ2n) is 14.5. The van der Waals surface area contributed by atoms with Crippen LogP contribution in [0.5, 0.6) is 0 Å². The minimum absolute atomic E-state index is 0.0742. The lowest BCUT2D eigenvalue weighted by Gasteiger charge is -2.67. The van der Waals surface area contributed by atoms with Crippen LogP contribution in [0.4, 0.5) is 0 Å². The van der Waals surface area contributed by atoms with Crippen LogP contribution in [-0.2, 0) is 42.9 Å². The van der Waals surface area contributed by atoms with Crippen LogP contribution in [0.15, 0.2) is 34.7 Å². The van der Waals surface area contributed by atoms with E-state index in [1.165, 1.54) is 32.6 Å². The minimum Gasteiger partial charge on any atom is -0.472 e. The Bertz CT molecular complexity index is 1430. The fourth-order valence-corrected chi connectivity index (χ4v) is 9.87. The molecule has 3 aliphatic heterocycles. The highest BCUT2D eigenvalue weighted by Gasteiger charge is 2.90. The van der Waals surface area contributed by atoms with E-state index >= 15 is 0 Å². The summed E-state index contributed by atoms with van der Waals surface area (Å²) in [5.74, 6) is -6.83. The van der Waals surface area contributed by atoms with Crippen molar-refractivity contribution in [2.75, 3.05) is 7.11 Å². The summed E-state index contributed by atoms with van der Waals surface area (Å²) in [6.07, 6.45) is 2.54. The number of fused-ring (bicyclic) bond motifs is 2. The van der Waals surface area contributed by atoms with E-state index in [9.17, 15) is 24.3 Å². The molecule has 1 aromatic rings. The molecule has 1 N–H and O–H groups in total. The van der Waals surface area contributed by atoms with Gasteiger partial charge in [0.25, 0.3) is 0 Å². The summed E-state index contributed by atoms with van der Waals surface area (Å²) in [4.78, 5) is 52.4. The summed E-state index contributed by atoms with van der Waals surface area (Å²) in [5, 5.41) is 13.0. The van der Waals surface area contributed by atoms with Gasteiger partial charge in [0, 0.05) is 47.1 Å². The van der Waals surface area contributed by atoms with E-state index in [-0.39, 0.29) is 6.42 Å². The van der Waals surface area contributed by atoms with Crippen LogP contribution >= 0.6 is 0 Å². The molecule has 1 aromatic heterocycles. The van der Waals surface area contributed by atoms with Crippen LogP contribution in [0.3, 0.4) is 0 Å². The predicted octanol–water partition coefficient (Wildman–Crippen LogP) is 4.03. The van der Waals surface area contributed by atoms with Gasteiger partial charge in [-0.2, -0.15) is 0 Å². The van der Waals surface area contributed by atoms with Gasteiger partial charge in [0.05, 0.1) is 31.5 Å². The number of rotatable bonds is 6. The maximum atomic E-state index is 13.4. The first-order chi connectivity index (χ1) is 20.5. The first kappa shape index (κ1) is 30.8. The Morgan fingerprint density at radius 3 is 2.41 bits per heavy atom. The lowest BCUT2D eigenvalue weighted by Crippen LogP contribution is -2.76. The molecule has 4 fully saturated rings. The lowest BCUT2D eigenvalue weighted by atomic mass is 9.37. The molecule has 2 aliphatic carbocycles. The summed E-state index contributed by atoms with van der Waals surface area (Å²) >= 11 is 0. The smallest absolute Gasteiger partial charge is 0.331 e. The number of carbonyl (C=O) groups is 4. The molecule has 0 amide bonds. The molecule has 5 aliphatic rings. The first-order valence-electron chi connectivity index (χ1n) is 15.3. The van der Waals surface area contributed by atoms with Crippen molar-refractivity contribution in [1.82, 2.24) is 0 Å². The van der Waals surface area contributed by atoms with E-state index in [0.29, 0.717) is 24.0 Å². The molecule has 11 nitrogen and oxygen atoms in total. The molecule has 11 heteroatoms. The quantitative estimate of drug-likeness (QED) is 0.366. The molecule has 6 rings (SSSR count). The molecular weight excluding hydrogens is 572 g/mol. The Hall–Kier alpha value is -3.18. The molecule has 2 saturated heterocycles. The number of furan rings is 1. The second kappa shape index (κ2) is 9.66. The van der Waals surface area contributed by atoms with Gasteiger partial charge in [-0.1, -0.05) is 41.5 Å². The molecule has 0 aromatic carbocycles. The van der Waals surface area contributed by atoms with Crippen molar-refractivity contribution in [3.8, 4) is 0 Å². The number of carbonyl (C=O) groups excluding carboxylic acids is 4. The van der Waals surface area contributed by atoms with Gasteiger partial charge in [0.1, 0.15) is 23.9 Å². The Morgan fingerprint density at radius 1 is 1.11 bits per heavy atom. The molecule has 4 heterocycles. The fraction of sp³-hybridized carbons (Fsp3) is 0.697. The summed E-state index contributed by atoms with van der Waals surface area (Å²) in [5.41, 5.74) is -3.11. The van der Waals surface area contributed by atoms with Gasteiger partial charge in [0.15, 0.2) is 5.79 Å². The Labute approximate surface area is 256 Å². The SMILES string of the molecule is COC(=O)C[C@H]1C(C)(C)[C@H](OC(C)=O)[C@@H]2[C@@H](OC(=O)C(C)C)[C@@]34O[C@]2(O)[C@]1(C)[C@H]3CC[C@]1(C)C4=CC(=O)O[C@H]1c1ccoc1. The topological polar surface area (TPSA) is 148 Å². The number of esters is 4. The maximum Gasteiger partial charge on any atom is 0.331 e. The fourth-order valence-electron chi connectivity index (χ4n) is 9.87. The lowest BCUT2D eigenvalue weighted by molar-refractivity contribution is -0.326. The molecule has 10 atom stereocenters. The number of hydrogen-bond donors (Lipinski definition) is 1. The molecule has 44 heavy (non-hydrogen) atoms. The van der Waals surface area contributed by atoms with Crippen molar-refractivity contribution in [2.24, 2.45) is 39.9 Å². The normalized spacial score (nSPS) is 43.0. The van der Waals surface area contributed by atoms with Crippen molar-refractivity contribution in [1.29, 1.82) is 0 Å². The summed E-state index contributed by atoms with van der Waals surface area (Å²) in [6, 6.07) is 1.74. The van der Waals surface area contributed by atoms with Crippen LogP contribution in [0.2, 0.25) is 0 Å². The third-order valence-corrected chi connectivity index (χ3v) is 11.7. The Morgan fingerprint density at radius 2 is 1.82 bits per heavy atom. The summed E-state index contributed by atoms with van der Waals surface area (Å²) in [7, 11) is 1.31. The minimum atomic E-state index is -2.01. The summed E-state index contributed by atoms with van der Waals surface area (Å²) < 4.78 is 35.7. The average Bonchev–Trinajstić information content (AvgIpc) is 3.61. The average molecular weight is 615 g/mol. The van der Waals surface area contributed by atoms with Gasteiger partial charge in [-0.25, -0.2) is 4.79 Å². The van der Waals surface area contributed by atoms with Crippen molar-refractivity contribution in [3.05, 3.63) is 35.8 Å². The number of ether oxygens (including phenoxy) is 5. The van der Waals surface area contributed by atoms with Gasteiger partial charge >= 0.3 is 23.9 Å². The molecule has 240 valence electrons. The molecule has 0 unspecified atom stereocenters. The van der Waals surface area contributed by atoms with Crippen LogP contribution in [0.25, 0.3) is 0 Å². The van der Waals surface area contributed by atoms with Crippen molar-refractivity contribution >= 4 is 23.9 Å². The highest BCUT2D eigenvalue weighted by Crippen LogP contribution is 2.81. The highest BCUT2D eigenvalue weighted by atomic mass is 16.7. The monoisotopic (exact) mass is 614 g/mol. The Kier molecular flexibility index (Phi) is 6.77. The van der Waals surface area contributed by atoms with Crippen LogP contribution in [0, 0.1) is 39.9 Å². The molecule has 1 spiro atoms. The molecular formula is C33H42O11. The highest BCUT2D eigenvalue weighted by molar-refractivity contribution is 5.86. The predicted molar refractivity (Wildman–Crippen MR) is 151 cm³/mol. The van der Waals surface area contributed by atoms with Crippen LogP contribution in [0.1, 0.15) is 79.4 Å². The van der Waals surface area contributed by atoms with E-state index in [4.69, 9.17) is 28.1 Å². The third-order valence-electron chi connectivity index (χ3n) is 11.7. The largest absolute Gasteiger partial charge is 0.472 e. The second-order valence-corrected chi connectivity index (χ2v) is 14.5. The van der Waals surface area contributed by atoms with Crippen molar-refractivity contribution in [3.63, 3.8) is 0 Å². The number of cyclic esters (lactones) is 1. The van der Waals surface area contributed by atoms with E-state index < -0.39 is 93.5 Å². The zero-order valence-electron chi connectivity index (χ0n) is 26.5. The Balaban J connectivity index is 1.63. The maximum absolute atomic E-state index is 13.4. The third kappa shape index (κ3) is 3.68. The summed E-state index contributed by atoms with van der Waals surface area (Å²) in [6.45, 7) is 12.4. The van der Waals surface area contributed by atoms with Crippen LogP contribution in [-0.4, -0.2) is 59.7 Å². The first-order valence-corrected chi connectivity index (χ1v) is 15.3. The zero-order chi connectivity index (χ0) is 32.2. The van der Waals surface area contributed by atoms with E-state index in [2.05, 4.69) is 0 Å². The van der Waals surface area contributed by atoms with E-state index in [1.54, 1.807) is 19.9 Å². The molecule has 0 radical (unpaired) electrons. The van der Waals surface area contributed by atoms with Crippen molar-refractivity contribution in [2.45, 2.75) is 97.4 Å². The standard InChI is InChI=1S/C33H42O11/c1-16(2)28(37)43-27-24-26(41-17(3)34)29(4,5)20(13-22(35)39-8)31(7)19-9-11-30(6)21(32(19,27)44-33(24,31)38)14-23(36)42-25(30)18-10-12-40-15-18/h10,12,14-16,19-20,24-27,38H,9,11,13H2,1-8H3/t19-,20+,24-,25+,26-,27-,30-,31-,32-,33+/m1/s1. The van der Waals surface area contributed by atoms with E-state index in [0.717, 1.165) is 0 Å². The van der Waals surface area contributed by atoms with Crippen LogP contribution < -0.4 is 0 Å². The molecule has 2 bridgehead atoms. The van der Waals surface area contributed by atoms with E-state index in [1.807, 2.05) is 27.7 Å². The van der Waals surface area contributed by atoms with Crippen molar-refractivity contribution < 1.29 is 52.4 Å². The van der Waals surface area contributed by atoms with Gasteiger partial charge in [0.2, 0.25) is 0 Å². The van der Waals surface area contributed by atoms with Gasteiger partial charge in [-0.05, 0) is 30.4 Å². The molecule has 2 saturated carbocycles. The number of methoxy groups -OCH3 is 1. The van der Waals surface area contributed by atoms with Gasteiger partial charge in [-0.15, -0.1) is 0 Å². The number of hydrogen-bond acceptors (Lipinski definition) is 11. The van der Waals surface area contributed by atoms with Gasteiger partial charge < -0.3 is 33.2 Å². The zero-order valence-corrected chi connectivity index (χ0v) is 26.5. The van der Waals surface area contributed by atoms with Gasteiger partial charge in [-0.3, -0.25) is 14.4 Å². The number of aliphatic hydroxyl groups is 1.